The van der Waals surface area contributed by atoms with Gasteiger partial charge in [-0.2, -0.15) is 0 Å². The Bertz CT molecular complexity index is 132. The molecule has 4 nitrogen and oxygen atoms in total. The normalized spacial score (nSPS) is 18.7. The highest BCUT2D eigenvalue weighted by Gasteiger charge is 2.29. The first-order chi connectivity index (χ1) is 6.08. The Morgan fingerprint density at radius 2 is 1.46 bits per heavy atom. The van der Waals surface area contributed by atoms with Gasteiger partial charge < -0.3 is 20.4 Å². The van der Waals surface area contributed by atoms with Crippen molar-refractivity contribution in [2.75, 3.05) is 19.1 Å². The molecule has 0 unspecified atom stereocenters. The zero-order valence-corrected chi connectivity index (χ0v) is 9.25. The van der Waals surface area contributed by atoms with Gasteiger partial charge in [0.15, 0.2) is 0 Å². The Hall–Kier alpha value is 0.540. The van der Waals surface area contributed by atoms with Crippen LogP contribution < -0.4 is 0 Å². The second kappa shape index (κ2) is 6.92. The zero-order valence-electron chi connectivity index (χ0n) is 7.62. The first kappa shape index (κ1) is 13.5. The highest BCUT2D eigenvalue weighted by atomic mass is 32.2. The van der Waals surface area contributed by atoms with E-state index in [1.807, 2.05) is 12.5 Å². The topological polar surface area (TPSA) is 80.9 Å². The van der Waals surface area contributed by atoms with E-state index >= 15 is 0 Å². The number of hydrogen-bond acceptors (Lipinski definition) is 6. The number of aliphatic hydroxyl groups excluding tert-OH is 4. The molecule has 0 heterocycles. The quantitative estimate of drug-likeness (QED) is 0.442. The molecule has 0 aliphatic heterocycles. The lowest BCUT2D eigenvalue weighted by atomic mass is 10.1. The summed E-state index contributed by atoms with van der Waals surface area (Å²) in [6.45, 7) is -0.548. The molecule has 0 spiro atoms. The molecular formula is C7H16O4S2. The molecule has 0 saturated heterocycles. The lowest BCUT2D eigenvalue weighted by molar-refractivity contribution is -0.0705. The number of aliphatic hydroxyl groups is 4. The van der Waals surface area contributed by atoms with E-state index in [4.69, 9.17) is 10.2 Å². The molecule has 13 heavy (non-hydrogen) atoms. The first-order valence-corrected chi connectivity index (χ1v) is 6.36. The smallest absolute Gasteiger partial charge is 0.110 e. The van der Waals surface area contributed by atoms with E-state index < -0.39 is 24.9 Å². The van der Waals surface area contributed by atoms with Crippen LogP contribution in [0.25, 0.3) is 0 Å². The van der Waals surface area contributed by atoms with E-state index in [0.717, 1.165) is 0 Å². The average molecular weight is 228 g/mol. The van der Waals surface area contributed by atoms with E-state index in [9.17, 15) is 10.2 Å². The molecule has 0 radical (unpaired) electrons. The van der Waals surface area contributed by atoms with Gasteiger partial charge in [0, 0.05) is 0 Å². The van der Waals surface area contributed by atoms with Crippen LogP contribution in [0.5, 0.6) is 0 Å². The van der Waals surface area contributed by atoms with Crippen LogP contribution in [0.3, 0.4) is 0 Å². The molecule has 0 aromatic heterocycles. The van der Waals surface area contributed by atoms with Gasteiger partial charge in [0.1, 0.15) is 18.3 Å². The Labute approximate surface area is 86.4 Å². The summed E-state index contributed by atoms with van der Waals surface area (Å²) in [4.78, 5) is 0. The lowest BCUT2D eigenvalue weighted by Gasteiger charge is -2.26. The largest absolute Gasteiger partial charge is 0.394 e. The van der Waals surface area contributed by atoms with Crippen molar-refractivity contribution in [2.45, 2.75) is 22.9 Å². The summed E-state index contributed by atoms with van der Waals surface area (Å²) < 4.78 is -0.198. The van der Waals surface area contributed by atoms with Gasteiger partial charge in [0.05, 0.1) is 11.2 Å². The molecule has 0 aliphatic carbocycles. The van der Waals surface area contributed by atoms with Crippen molar-refractivity contribution in [3.8, 4) is 0 Å². The van der Waals surface area contributed by atoms with Crippen molar-refractivity contribution in [3.05, 3.63) is 0 Å². The van der Waals surface area contributed by atoms with Gasteiger partial charge in [0.2, 0.25) is 0 Å². The predicted octanol–water partition coefficient (Wildman–Crippen LogP) is -0.887. The van der Waals surface area contributed by atoms with Crippen molar-refractivity contribution in [2.24, 2.45) is 0 Å². The monoisotopic (exact) mass is 228 g/mol. The molecular weight excluding hydrogens is 212 g/mol. The van der Waals surface area contributed by atoms with Crippen LogP contribution in [0.15, 0.2) is 0 Å². The van der Waals surface area contributed by atoms with Crippen LogP contribution in [0.1, 0.15) is 0 Å². The van der Waals surface area contributed by atoms with E-state index in [0.29, 0.717) is 0 Å². The van der Waals surface area contributed by atoms with Gasteiger partial charge in [-0.25, -0.2) is 0 Å². The van der Waals surface area contributed by atoms with Crippen molar-refractivity contribution < 1.29 is 20.4 Å². The van der Waals surface area contributed by atoms with Crippen LogP contribution in [-0.4, -0.2) is 62.4 Å². The fraction of sp³-hybridized carbons (Fsp3) is 1.00. The molecule has 0 fully saturated rings. The molecule has 4 N–H and O–H groups in total. The predicted molar refractivity (Wildman–Crippen MR) is 55.9 cm³/mol. The molecule has 0 aromatic rings. The van der Waals surface area contributed by atoms with Gasteiger partial charge in [-0.1, -0.05) is 0 Å². The highest BCUT2D eigenvalue weighted by Crippen LogP contribution is 2.24. The lowest BCUT2D eigenvalue weighted by Crippen LogP contribution is -2.43. The third-order valence-electron chi connectivity index (χ3n) is 1.67. The molecule has 0 saturated carbocycles. The van der Waals surface area contributed by atoms with E-state index in [-0.39, 0.29) is 4.58 Å². The summed E-state index contributed by atoms with van der Waals surface area (Å²) in [5, 5.41) is 36.5. The van der Waals surface area contributed by atoms with E-state index in [2.05, 4.69) is 0 Å². The van der Waals surface area contributed by atoms with E-state index in [1.165, 1.54) is 23.5 Å². The molecule has 0 amide bonds. The Morgan fingerprint density at radius 1 is 1.00 bits per heavy atom. The van der Waals surface area contributed by atoms with Crippen molar-refractivity contribution in [3.63, 3.8) is 0 Å². The fourth-order valence-corrected chi connectivity index (χ4v) is 2.52. The summed E-state index contributed by atoms with van der Waals surface area (Å²) in [6.07, 6.45) is 0.00376. The second-order valence-corrected chi connectivity index (χ2v) is 4.83. The van der Waals surface area contributed by atoms with Crippen LogP contribution in [0.2, 0.25) is 0 Å². The third kappa shape index (κ3) is 4.05. The maximum absolute atomic E-state index is 9.52. The summed E-state index contributed by atoms with van der Waals surface area (Å²) in [6, 6.07) is 0. The van der Waals surface area contributed by atoms with Gasteiger partial charge in [0.25, 0.3) is 0 Å². The maximum atomic E-state index is 9.52. The minimum atomic E-state index is -1.30. The Morgan fingerprint density at radius 3 is 1.77 bits per heavy atom. The van der Waals surface area contributed by atoms with Crippen LogP contribution >= 0.6 is 23.5 Å². The number of hydrogen-bond donors (Lipinski definition) is 4. The fourth-order valence-electron chi connectivity index (χ4n) is 0.872. The highest BCUT2D eigenvalue weighted by molar-refractivity contribution is 8.16. The zero-order chi connectivity index (χ0) is 10.4. The Balaban J connectivity index is 4.13. The number of rotatable bonds is 6. The second-order valence-electron chi connectivity index (χ2n) is 2.57. The van der Waals surface area contributed by atoms with Crippen LogP contribution in [0.4, 0.5) is 0 Å². The maximum Gasteiger partial charge on any atom is 0.110 e. The SMILES string of the molecule is CSC(SC)[C@H](O)[C@H](O)[C@H](O)CO. The minimum Gasteiger partial charge on any atom is -0.394 e. The Kier molecular flexibility index (Phi) is 7.20. The first-order valence-electron chi connectivity index (χ1n) is 3.79. The summed E-state index contributed by atoms with van der Waals surface area (Å²) in [7, 11) is 0. The van der Waals surface area contributed by atoms with E-state index in [1.54, 1.807) is 0 Å². The van der Waals surface area contributed by atoms with Crippen molar-refractivity contribution in [1.82, 2.24) is 0 Å². The van der Waals surface area contributed by atoms with Crippen LogP contribution in [0, 0.1) is 0 Å². The van der Waals surface area contributed by atoms with Crippen LogP contribution in [-0.2, 0) is 0 Å². The average Bonchev–Trinajstić information content (AvgIpc) is 2.17. The van der Waals surface area contributed by atoms with Gasteiger partial charge in [-0.3, -0.25) is 0 Å². The van der Waals surface area contributed by atoms with Crippen molar-refractivity contribution in [1.29, 1.82) is 0 Å². The molecule has 6 heteroatoms. The third-order valence-corrected chi connectivity index (χ3v) is 4.32. The van der Waals surface area contributed by atoms with Gasteiger partial charge in [-0.05, 0) is 12.5 Å². The standard InChI is InChI=1S/C7H16O4S2/c1-12-7(13-2)6(11)5(10)4(9)3-8/h4-11H,3H2,1-2H3/t4-,5-,6-/m1/s1. The molecule has 0 aliphatic rings. The molecule has 0 aromatic carbocycles. The molecule has 0 bridgehead atoms. The van der Waals surface area contributed by atoms with Gasteiger partial charge >= 0.3 is 0 Å². The summed E-state index contributed by atoms with van der Waals surface area (Å²) in [5.74, 6) is 0. The molecule has 80 valence electrons. The van der Waals surface area contributed by atoms with Gasteiger partial charge in [-0.15, -0.1) is 23.5 Å². The summed E-state index contributed by atoms with van der Waals surface area (Å²) >= 11 is 2.79. The molecule has 0 rings (SSSR count). The summed E-state index contributed by atoms with van der Waals surface area (Å²) in [5.41, 5.74) is 0. The number of thioether (sulfide) groups is 2. The minimum absolute atomic E-state index is 0.198. The van der Waals surface area contributed by atoms with Crippen molar-refractivity contribution >= 4 is 23.5 Å². The molecule has 3 atom stereocenters.